The number of para-hydroxylation sites is 1. The monoisotopic (exact) mass is 305 g/mol. The number of benzene rings is 1. The molecule has 116 valence electrons. The molecule has 1 unspecified atom stereocenters. The smallest absolute Gasteiger partial charge is 0.334 e. The first-order chi connectivity index (χ1) is 10.6. The van der Waals surface area contributed by atoms with Crippen LogP contribution in [0.15, 0.2) is 28.7 Å². The number of carboxylic acid groups (broad SMARTS) is 1. The molecule has 7 heteroatoms. The van der Waals surface area contributed by atoms with Crippen LogP contribution in [-0.4, -0.2) is 54.8 Å². The number of carbonyl (C=O) groups is 2. The zero-order valence-corrected chi connectivity index (χ0v) is 11.9. The van der Waals surface area contributed by atoms with E-state index in [9.17, 15) is 9.59 Å². The first-order valence-corrected chi connectivity index (χ1v) is 6.80. The predicted molar refractivity (Wildman–Crippen MR) is 76.0 cm³/mol. The third-order valence-corrected chi connectivity index (χ3v) is 3.57. The van der Waals surface area contributed by atoms with Gasteiger partial charge in [-0.05, 0) is 12.1 Å². The van der Waals surface area contributed by atoms with Crippen molar-refractivity contribution >= 4 is 22.8 Å². The second kappa shape index (κ2) is 5.69. The molecule has 1 saturated heterocycles. The first-order valence-electron chi connectivity index (χ1n) is 6.80. The van der Waals surface area contributed by atoms with Gasteiger partial charge in [0.15, 0.2) is 23.2 Å². The van der Waals surface area contributed by atoms with Crippen LogP contribution in [-0.2, 0) is 9.53 Å². The summed E-state index contributed by atoms with van der Waals surface area (Å²) in [4.78, 5) is 24.9. The molecule has 3 rings (SSSR count). The Balaban J connectivity index is 1.87. The molecule has 22 heavy (non-hydrogen) atoms. The number of ether oxygens (including phenoxy) is 2. The Morgan fingerprint density at radius 2 is 2.23 bits per heavy atom. The molecule has 0 saturated carbocycles. The molecular weight excluding hydrogens is 290 g/mol. The van der Waals surface area contributed by atoms with E-state index in [1.165, 1.54) is 12.0 Å². The minimum atomic E-state index is -1.08. The van der Waals surface area contributed by atoms with Gasteiger partial charge in [-0.1, -0.05) is 12.1 Å². The number of hydrogen-bond donors (Lipinski definition) is 1. The predicted octanol–water partition coefficient (Wildman–Crippen LogP) is 1.37. The van der Waals surface area contributed by atoms with E-state index < -0.39 is 12.1 Å². The fourth-order valence-electron chi connectivity index (χ4n) is 2.44. The van der Waals surface area contributed by atoms with Gasteiger partial charge in [0.25, 0.3) is 5.91 Å². The zero-order valence-electron chi connectivity index (χ0n) is 11.9. The van der Waals surface area contributed by atoms with Crippen LogP contribution >= 0.6 is 0 Å². The van der Waals surface area contributed by atoms with Gasteiger partial charge >= 0.3 is 5.97 Å². The second-order valence-electron chi connectivity index (χ2n) is 4.94. The van der Waals surface area contributed by atoms with Crippen LogP contribution in [0.4, 0.5) is 0 Å². The standard InChI is InChI=1S/C15H15NO6/c1-20-10-4-2-3-9-7-11(22-13(9)10)14(17)16-5-6-21-12(8-16)15(18)19/h2-4,7,12H,5-6,8H2,1H3,(H,18,19). The third-order valence-electron chi connectivity index (χ3n) is 3.57. The number of aliphatic carboxylic acids is 1. The summed E-state index contributed by atoms with van der Waals surface area (Å²) in [5, 5.41) is 9.74. The molecule has 2 aromatic rings. The van der Waals surface area contributed by atoms with Gasteiger partial charge in [-0.15, -0.1) is 0 Å². The molecule has 0 radical (unpaired) electrons. The van der Waals surface area contributed by atoms with E-state index in [-0.39, 0.29) is 24.8 Å². The fourth-order valence-corrected chi connectivity index (χ4v) is 2.44. The largest absolute Gasteiger partial charge is 0.493 e. The number of furan rings is 1. The number of fused-ring (bicyclic) bond motifs is 1. The van der Waals surface area contributed by atoms with Gasteiger partial charge in [-0.2, -0.15) is 0 Å². The van der Waals surface area contributed by atoms with Gasteiger partial charge < -0.3 is 23.9 Å². The second-order valence-corrected chi connectivity index (χ2v) is 4.94. The van der Waals surface area contributed by atoms with E-state index in [2.05, 4.69) is 0 Å². The fraction of sp³-hybridized carbons (Fsp3) is 0.333. The van der Waals surface area contributed by atoms with Crippen LogP contribution in [0.25, 0.3) is 11.0 Å². The number of methoxy groups -OCH3 is 1. The van der Waals surface area contributed by atoms with E-state index >= 15 is 0 Å². The van der Waals surface area contributed by atoms with Crippen molar-refractivity contribution in [2.45, 2.75) is 6.10 Å². The van der Waals surface area contributed by atoms with E-state index in [1.807, 2.05) is 6.07 Å². The van der Waals surface area contributed by atoms with Crippen molar-refractivity contribution in [1.29, 1.82) is 0 Å². The maximum absolute atomic E-state index is 12.5. The molecule has 1 amide bonds. The number of hydrogen-bond acceptors (Lipinski definition) is 5. The molecule has 2 heterocycles. The van der Waals surface area contributed by atoms with Crippen LogP contribution in [0.2, 0.25) is 0 Å². The molecule has 0 bridgehead atoms. The quantitative estimate of drug-likeness (QED) is 0.921. The molecule has 1 aliphatic heterocycles. The van der Waals surface area contributed by atoms with Crippen molar-refractivity contribution < 1.29 is 28.6 Å². The number of morpholine rings is 1. The lowest BCUT2D eigenvalue weighted by Crippen LogP contribution is -2.48. The molecular formula is C15H15NO6. The molecule has 1 atom stereocenters. The van der Waals surface area contributed by atoms with Crippen molar-refractivity contribution in [2.75, 3.05) is 26.8 Å². The van der Waals surface area contributed by atoms with Gasteiger partial charge in [0.1, 0.15) is 0 Å². The van der Waals surface area contributed by atoms with Crippen molar-refractivity contribution in [3.63, 3.8) is 0 Å². The Morgan fingerprint density at radius 1 is 1.41 bits per heavy atom. The van der Waals surface area contributed by atoms with Crippen molar-refractivity contribution in [2.24, 2.45) is 0 Å². The number of carboxylic acids is 1. The van der Waals surface area contributed by atoms with Gasteiger partial charge in [0.05, 0.1) is 20.3 Å². The van der Waals surface area contributed by atoms with Crippen LogP contribution in [0.1, 0.15) is 10.6 Å². The third kappa shape index (κ3) is 2.50. The van der Waals surface area contributed by atoms with Crippen molar-refractivity contribution in [3.05, 3.63) is 30.0 Å². The van der Waals surface area contributed by atoms with Gasteiger partial charge in [0.2, 0.25) is 0 Å². The Hall–Kier alpha value is -2.54. The van der Waals surface area contributed by atoms with Crippen LogP contribution in [0.5, 0.6) is 5.75 Å². The first kappa shape index (κ1) is 14.4. The molecule has 1 aromatic carbocycles. The van der Waals surface area contributed by atoms with E-state index in [0.717, 1.165) is 5.39 Å². The Bertz CT molecular complexity index is 722. The van der Waals surface area contributed by atoms with E-state index in [0.29, 0.717) is 17.9 Å². The van der Waals surface area contributed by atoms with Crippen molar-refractivity contribution in [3.8, 4) is 5.75 Å². The number of nitrogens with zero attached hydrogens (tertiary/aromatic N) is 1. The summed E-state index contributed by atoms with van der Waals surface area (Å²) in [7, 11) is 1.53. The summed E-state index contributed by atoms with van der Waals surface area (Å²) < 4.78 is 15.9. The summed E-state index contributed by atoms with van der Waals surface area (Å²) in [6, 6.07) is 7.00. The highest BCUT2D eigenvalue weighted by atomic mass is 16.5. The lowest BCUT2D eigenvalue weighted by Gasteiger charge is -2.30. The highest BCUT2D eigenvalue weighted by Gasteiger charge is 2.31. The van der Waals surface area contributed by atoms with Crippen LogP contribution < -0.4 is 4.74 Å². The lowest BCUT2D eigenvalue weighted by molar-refractivity contribution is -0.154. The molecule has 1 fully saturated rings. The van der Waals surface area contributed by atoms with E-state index in [4.69, 9.17) is 19.0 Å². The zero-order chi connectivity index (χ0) is 15.7. The Kier molecular flexibility index (Phi) is 3.72. The highest BCUT2D eigenvalue weighted by molar-refractivity contribution is 5.97. The van der Waals surface area contributed by atoms with Crippen molar-refractivity contribution in [1.82, 2.24) is 4.90 Å². The maximum atomic E-state index is 12.5. The molecule has 1 aromatic heterocycles. The summed E-state index contributed by atoms with van der Waals surface area (Å²) >= 11 is 0. The molecule has 7 nitrogen and oxygen atoms in total. The van der Waals surface area contributed by atoms with Crippen LogP contribution in [0.3, 0.4) is 0 Å². The Labute approximate surface area is 126 Å². The molecule has 0 spiro atoms. The highest BCUT2D eigenvalue weighted by Crippen LogP contribution is 2.29. The average molecular weight is 305 g/mol. The number of rotatable bonds is 3. The number of amides is 1. The SMILES string of the molecule is COc1cccc2cc(C(=O)N3CCOC(C(=O)O)C3)oc12. The average Bonchev–Trinajstić information content (AvgIpc) is 2.98. The van der Waals surface area contributed by atoms with E-state index in [1.54, 1.807) is 18.2 Å². The number of carbonyl (C=O) groups excluding carboxylic acids is 1. The Morgan fingerprint density at radius 3 is 2.95 bits per heavy atom. The summed E-state index contributed by atoms with van der Waals surface area (Å²) in [5.41, 5.74) is 0.497. The minimum absolute atomic E-state index is 0.00233. The van der Waals surface area contributed by atoms with Gasteiger partial charge in [-0.3, -0.25) is 4.79 Å². The lowest BCUT2D eigenvalue weighted by atomic mass is 10.2. The molecule has 1 N–H and O–H groups in total. The minimum Gasteiger partial charge on any atom is -0.493 e. The topological polar surface area (TPSA) is 89.2 Å². The van der Waals surface area contributed by atoms with Gasteiger partial charge in [-0.25, -0.2) is 4.79 Å². The molecule has 0 aliphatic carbocycles. The van der Waals surface area contributed by atoms with Gasteiger partial charge in [0, 0.05) is 11.9 Å². The summed E-state index contributed by atoms with van der Waals surface area (Å²) in [6.07, 6.45) is -1.00. The van der Waals surface area contributed by atoms with Crippen LogP contribution in [0, 0.1) is 0 Å². The maximum Gasteiger partial charge on any atom is 0.334 e. The summed E-state index contributed by atoms with van der Waals surface area (Å²) in [5.74, 6) is -0.732. The molecule has 1 aliphatic rings. The normalized spacial score (nSPS) is 18.4. The summed E-state index contributed by atoms with van der Waals surface area (Å²) in [6.45, 7) is 0.519.